The predicted octanol–water partition coefficient (Wildman–Crippen LogP) is 3.01. The number of rotatable bonds is 1. The van der Waals surface area contributed by atoms with Crippen molar-refractivity contribution in [2.45, 2.75) is 0 Å². The molecule has 1 aromatic carbocycles. The first-order chi connectivity index (χ1) is 8.81. The van der Waals surface area contributed by atoms with E-state index in [9.17, 15) is 4.39 Å². The summed E-state index contributed by atoms with van der Waals surface area (Å²) in [6.07, 6.45) is 1.77. The molecule has 0 fully saturated rings. The lowest BCUT2D eigenvalue weighted by molar-refractivity contribution is 0.630. The summed E-state index contributed by atoms with van der Waals surface area (Å²) >= 11 is 0. The molecule has 86 valence electrons. The largest absolute Gasteiger partial charge is 0.298 e. The lowest BCUT2D eigenvalue weighted by atomic mass is 10.2. The van der Waals surface area contributed by atoms with Crippen molar-refractivity contribution < 1.29 is 4.39 Å². The van der Waals surface area contributed by atoms with Crippen molar-refractivity contribution in [2.75, 3.05) is 0 Å². The standard InChI is InChI=1S/C14H8FN3/c15-11-6-2-1-5-10(11)14-17-12(9-16)13-7-3-4-8-18(13)14/h1-8H. The molecule has 0 bridgehead atoms. The van der Waals surface area contributed by atoms with Gasteiger partial charge in [0.15, 0.2) is 5.69 Å². The van der Waals surface area contributed by atoms with E-state index in [0.717, 1.165) is 0 Å². The van der Waals surface area contributed by atoms with Crippen LogP contribution in [-0.2, 0) is 0 Å². The maximum absolute atomic E-state index is 13.8. The molecule has 0 amide bonds. The highest BCUT2D eigenvalue weighted by atomic mass is 19.1. The zero-order valence-corrected chi connectivity index (χ0v) is 9.34. The molecule has 0 aliphatic carbocycles. The highest BCUT2D eigenvalue weighted by Gasteiger charge is 2.14. The number of benzene rings is 1. The Labute approximate surface area is 103 Å². The Morgan fingerprint density at radius 3 is 2.67 bits per heavy atom. The third-order valence-corrected chi connectivity index (χ3v) is 2.77. The van der Waals surface area contributed by atoms with Crippen LogP contribution < -0.4 is 0 Å². The van der Waals surface area contributed by atoms with Gasteiger partial charge in [0.25, 0.3) is 0 Å². The Hall–Kier alpha value is -2.67. The number of nitriles is 1. The molecule has 0 aliphatic heterocycles. The lowest BCUT2D eigenvalue weighted by Crippen LogP contribution is -1.91. The molecule has 4 heteroatoms. The topological polar surface area (TPSA) is 41.1 Å². The molecule has 0 radical (unpaired) electrons. The van der Waals surface area contributed by atoms with Gasteiger partial charge in [-0.25, -0.2) is 9.37 Å². The van der Waals surface area contributed by atoms with Gasteiger partial charge in [-0.1, -0.05) is 18.2 Å². The van der Waals surface area contributed by atoms with Crippen LogP contribution in [0.3, 0.4) is 0 Å². The minimum Gasteiger partial charge on any atom is -0.298 e. The number of fused-ring (bicyclic) bond motifs is 1. The van der Waals surface area contributed by atoms with Gasteiger partial charge in [0.1, 0.15) is 17.7 Å². The number of halogens is 1. The first-order valence-corrected chi connectivity index (χ1v) is 5.43. The van der Waals surface area contributed by atoms with Crippen LogP contribution in [0.1, 0.15) is 5.69 Å². The van der Waals surface area contributed by atoms with Crippen molar-refractivity contribution in [2.24, 2.45) is 0 Å². The van der Waals surface area contributed by atoms with E-state index >= 15 is 0 Å². The molecule has 0 unspecified atom stereocenters. The summed E-state index contributed by atoms with van der Waals surface area (Å²) in [4.78, 5) is 4.20. The third kappa shape index (κ3) is 1.45. The fraction of sp³-hybridized carbons (Fsp3) is 0. The molecule has 3 rings (SSSR count). The molecule has 0 atom stereocenters. The molecule has 2 aromatic heterocycles. The summed E-state index contributed by atoms with van der Waals surface area (Å²) in [5.74, 6) is 0.0954. The van der Waals surface area contributed by atoms with Gasteiger partial charge in [0.05, 0.1) is 11.1 Å². The minimum absolute atomic E-state index is 0.300. The Bertz CT molecular complexity index is 768. The van der Waals surface area contributed by atoms with Crippen LogP contribution in [0.5, 0.6) is 0 Å². The summed E-state index contributed by atoms with van der Waals surface area (Å²) in [7, 11) is 0. The summed E-state index contributed by atoms with van der Waals surface area (Å²) in [5.41, 5.74) is 1.37. The average molecular weight is 237 g/mol. The molecule has 0 aliphatic rings. The van der Waals surface area contributed by atoms with E-state index in [2.05, 4.69) is 4.98 Å². The smallest absolute Gasteiger partial charge is 0.166 e. The van der Waals surface area contributed by atoms with E-state index in [-0.39, 0.29) is 5.82 Å². The van der Waals surface area contributed by atoms with Gasteiger partial charge in [0.2, 0.25) is 0 Å². The Kier molecular flexibility index (Phi) is 2.31. The van der Waals surface area contributed by atoms with Crippen molar-refractivity contribution in [3.05, 3.63) is 60.2 Å². The molecule has 3 nitrogen and oxygen atoms in total. The average Bonchev–Trinajstić information content (AvgIpc) is 2.78. The summed E-state index contributed by atoms with van der Waals surface area (Å²) in [6.45, 7) is 0. The van der Waals surface area contributed by atoms with E-state index in [1.807, 2.05) is 18.2 Å². The van der Waals surface area contributed by atoms with E-state index in [1.165, 1.54) is 6.07 Å². The van der Waals surface area contributed by atoms with Gasteiger partial charge in [-0.15, -0.1) is 0 Å². The van der Waals surface area contributed by atoms with Crippen LogP contribution in [0, 0.1) is 17.1 Å². The van der Waals surface area contributed by atoms with Crippen LogP contribution in [0.25, 0.3) is 16.9 Å². The molecular weight excluding hydrogens is 229 g/mol. The molecule has 0 N–H and O–H groups in total. The van der Waals surface area contributed by atoms with Crippen LogP contribution in [0.2, 0.25) is 0 Å². The first kappa shape index (κ1) is 10.5. The fourth-order valence-electron chi connectivity index (χ4n) is 1.95. The van der Waals surface area contributed by atoms with Gasteiger partial charge in [-0.2, -0.15) is 5.26 Å². The Morgan fingerprint density at radius 1 is 1.11 bits per heavy atom. The number of nitrogens with zero attached hydrogens (tertiary/aromatic N) is 3. The quantitative estimate of drug-likeness (QED) is 0.652. The second kappa shape index (κ2) is 3.97. The van der Waals surface area contributed by atoms with Crippen LogP contribution in [0.4, 0.5) is 4.39 Å². The molecule has 0 saturated heterocycles. The zero-order chi connectivity index (χ0) is 12.5. The maximum Gasteiger partial charge on any atom is 0.166 e. The third-order valence-electron chi connectivity index (χ3n) is 2.77. The van der Waals surface area contributed by atoms with Gasteiger partial charge >= 0.3 is 0 Å². The van der Waals surface area contributed by atoms with E-state index < -0.39 is 0 Å². The lowest BCUT2D eigenvalue weighted by Gasteiger charge is -2.01. The predicted molar refractivity (Wildman–Crippen MR) is 65.3 cm³/mol. The van der Waals surface area contributed by atoms with E-state index in [4.69, 9.17) is 5.26 Å². The Balaban J connectivity index is 2.38. The zero-order valence-electron chi connectivity index (χ0n) is 9.34. The van der Waals surface area contributed by atoms with E-state index in [1.54, 1.807) is 34.9 Å². The maximum atomic E-state index is 13.8. The normalized spacial score (nSPS) is 10.4. The fourth-order valence-corrected chi connectivity index (χ4v) is 1.95. The second-order valence-corrected chi connectivity index (χ2v) is 3.83. The number of hydrogen-bond donors (Lipinski definition) is 0. The summed E-state index contributed by atoms with van der Waals surface area (Å²) in [6, 6.07) is 13.9. The van der Waals surface area contributed by atoms with Gasteiger partial charge in [-0.3, -0.25) is 4.40 Å². The number of hydrogen-bond acceptors (Lipinski definition) is 2. The highest BCUT2D eigenvalue weighted by Crippen LogP contribution is 2.24. The summed E-state index contributed by atoms with van der Waals surface area (Å²) < 4.78 is 15.5. The SMILES string of the molecule is N#Cc1nc(-c2ccccc2F)n2ccccc12. The molecule has 3 aromatic rings. The van der Waals surface area contributed by atoms with Crippen LogP contribution >= 0.6 is 0 Å². The van der Waals surface area contributed by atoms with E-state index in [0.29, 0.717) is 22.6 Å². The second-order valence-electron chi connectivity index (χ2n) is 3.83. The highest BCUT2D eigenvalue weighted by molar-refractivity contribution is 5.68. The Morgan fingerprint density at radius 2 is 1.89 bits per heavy atom. The molecule has 0 spiro atoms. The van der Waals surface area contributed by atoms with Crippen LogP contribution in [-0.4, -0.2) is 9.38 Å². The molecule has 18 heavy (non-hydrogen) atoms. The number of pyridine rings is 1. The molecule has 0 saturated carbocycles. The van der Waals surface area contributed by atoms with Crippen molar-refractivity contribution >= 4 is 5.52 Å². The van der Waals surface area contributed by atoms with Crippen molar-refractivity contribution in [3.8, 4) is 17.5 Å². The van der Waals surface area contributed by atoms with Crippen LogP contribution in [0.15, 0.2) is 48.7 Å². The number of imidazole rings is 1. The van der Waals surface area contributed by atoms with Gasteiger partial charge in [-0.05, 0) is 24.3 Å². The minimum atomic E-state index is -0.349. The monoisotopic (exact) mass is 237 g/mol. The van der Waals surface area contributed by atoms with Crippen molar-refractivity contribution in [1.82, 2.24) is 9.38 Å². The van der Waals surface area contributed by atoms with Crippen molar-refractivity contribution in [1.29, 1.82) is 5.26 Å². The molecular formula is C14H8FN3. The molecule has 2 heterocycles. The summed E-state index contributed by atoms with van der Waals surface area (Å²) in [5, 5.41) is 9.05. The van der Waals surface area contributed by atoms with Gasteiger partial charge in [0, 0.05) is 6.20 Å². The van der Waals surface area contributed by atoms with Crippen molar-refractivity contribution in [3.63, 3.8) is 0 Å². The number of aromatic nitrogens is 2. The first-order valence-electron chi connectivity index (χ1n) is 5.43. The van der Waals surface area contributed by atoms with Gasteiger partial charge < -0.3 is 0 Å².